The average molecular weight is 268 g/mol. The number of benzene rings is 1. The topological polar surface area (TPSA) is 42.0 Å². The van der Waals surface area contributed by atoms with E-state index in [9.17, 15) is 4.79 Å². The zero-order valence-electron chi connectivity index (χ0n) is 12.1. The molecule has 0 spiro atoms. The normalized spacial score (nSPS) is 14.1. The van der Waals surface area contributed by atoms with Gasteiger partial charge in [-0.05, 0) is 57.2 Å². The fourth-order valence-electron chi connectivity index (χ4n) is 3.05. The van der Waals surface area contributed by atoms with Gasteiger partial charge in [-0.3, -0.25) is 9.78 Å². The van der Waals surface area contributed by atoms with Gasteiger partial charge in [-0.25, -0.2) is 0 Å². The van der Waals surface area contributed by atoms with Crippen LogP contribution in [0.4, 0.5) is 0 Å². The van der Waals surface area contributed by atoms with Gasteiger partial charge in [-0.1, -0.05) is 11.6 Å². The quantitative estimate of drug-likeness (QED) is 0.909. The van der Waals surface area contributed by atoms with E-state index < -0.39 is 0 Å². The first-order valence-electron chi connectivity index (χ1n) is 7.41. The Bertz CT molecular complexity index is 676. The van der Waals surface area contributed by atoms with Crippen LogP contribution in [0.25, 0.3) is 10.9 Å². The molecule has 0 fully saturated rings. The second kappa shape index (κ2) is 5.23. The molecule has 1 aliphatic rings. The lowest BCUT2D eigenvalue weighted by Crippen LogP contribution is -2.26. The number of rotatable bonds is 2. The molecule has 3 nitrogen and oxygen atoms in total. The van der Waals surface area contributed by atoms with Crippen molar-refractivity contribution in [3.05, 3.63) is 40.6 Å². The Morgan fingerprint density at radius 1 is 1.30 bits per heavy atom. The molecule has 2 aromatic rings. The molecule has 1 N–H and O–H groups in total. The van der Waals surface area contributed by atoms with E-state index in [1.807, 2.05) is 13.0 Å². The van der Waals surface area contributed by atoms with E-state index >= 15 is 0 Å². The molecule has 0 unspecified atom stereocenters. The number of hydrogen-bond donors (Lipinski definition) is 1. The Morgan fingerprint density at radius 2 is 2.10 bits per heavy atom. The number of aryl methyl sites for hydroxylation is 2. The predicted octanol–water partition coefficient (Wildman–Crippen LogP) is 3.17. The number of hydrogen-bond acceptors (Lipinski definition) is 2. The molecule has 1 amide bonds. The van der Waals surface area contributed by atoms with Crippen molar-refractivity contribution >= 4 is 16.8 Å². The van der Waals surface area contributed by atoms with Crippen molar-refractivity contribution < 1.29 is 4.79 Å². The molecule has 0 radical (unpaired) electrons. The lowest BCUT2D eigenvalue weighted by molar-refractivity contribution is 0.0956. The largest absolute Gasteiger partial charge is 0.352 e. The molecular formula is C17H20N2O. The summed E-state index contributed by atoms with van der Waals surface area (Å²) >= 11 is 0. The standard InChI is InChI=1S/C17H20N2O/c1-3-18-17(20)16-12-6-4-5-7-14(12)19-15-9-8-11(2)10-13(15)16/h8-10H,3-7H2,1-2H3,(H,18,20). The maximum absolute atomic E-state index is 12.5. The van der Waals surface area contributed by atoms with E-state index in [-0.39, 0.29) is 5.91 Å². The number of carbonyl (C=O) groups is 1. The number of carbonyl (C=O) groups excluding carboxylic acids is 1. The average Bonchev–Trinajstić information content (AvgIpc) is 2.45. The van der Waals surface area contributed by atoms with Crippen molar-refractivity contribution in [1.29, 1.82) is 0 Å². The minimum absolute atomic E-state index is 0.0450. The van der Waals surface area contributed by atoms with Gasteiger partial charge in [-0.15, -0.1) is 0 Å². The monoisotopic (exact) mass is 268 g/mol. The molecule has 3 heteroatoms. The number of nitrogens with zero attached hydrogens (tertiary/aromatic N) is 1. The fraction of sp³-hybridized carbons (Fsp3) is 0.412. The van der Waals surface area contributed by atoms with E-state index in [1.165, 1.54) is 17.5 Å². The van der Waals surface area contributed by atoms with Crippen LogP contribution in [0.1, 0.15) is 46.9 Å². The predicted molar refractivity (Wildman–Crippen MR) is 81.1 cm³/mol. The second-order valence-electron chi connectivity index (χ2n) is 5.50. The van der Waals surface area contributed by atoms with Gasteiger partial charge in [0.15, 0.2) is 0 Å². The molecule has 1 aliphatic carbocycles. The summed E-state index contributed by atoms with van der Waals surface area (Å²) < 4.78 is 0. The summed E-state index contributed by atoms with van der Waals surface area (Å²) in [6, 6.07) is 6.18. The van der Waals surface area contributed by atoms with Crippen LogP contribution in [0.15, 0.2) is 18.2 Å². The highest BCUT2D eigenvalue weighted by Crippen LogP contribution is 2.29. The Hall–Kier alpha value is -1.90. The SMILES string of the molecule is CCNC(=O)c1c2c(nc3ccc(C)cc13)CCCC2. The van der Waals surface area contributed by atoms with Crippen LogP contribution in [0.2, 0.25) is 0 Å². The number of amides is 1. The molecule has 3 rings (SSSR count). The molecule has 0 bridgehead atoms. The Kier molecular flexibility index (Phi) is 3.43. The molecule has 1 aromatic heterocycles. The summed E-state index contributed by atoms with van der Waals surface area (Å²) in [6.07, 6.45) is 4.29. The smallest absolute Gasteiger partial charge is 0.252 e. The maximum Gasteiger partial charge on any atom is 0.252 e. The first-order chi connectivity index (χ1) is 9.70. The molecule has 20 heavy (non-hydrogen) atoms. The summed E-state index contributed by atoms with van der Waals surface area (Å²) in [5.74, 6) is 0.0450. The summed E-state index contributed by atoms with van der Waals surface area (Å²) in [6.45, 7) is 4.67. The van der Waals surface area contributed by atoms with Gasteiger partial charge in [0.05, 0.1) is 11.1 Å². The van der Waals surface area contributed by atoms with Crippen LogP contribution in [0.5, 0.6) is 0 Å². The van der Waals surface area contributed by atoms with Crippen LogP contribution in [0.3, 0.4) is 0 Å². The summed E-state index contributed by atoms with van der Waals surface area (Å²) in [7, 11) is 0. The highest BCUT2D eigenvalue weighted by molar-refractivity contribution is 6.07. The Morgan fingerprint density at radius 3 is 2.90 bits per heavy atom. The molecule has 0 atom stereocenters. The third-order valence-electron chi connectivity index (χ3n) is 3.98. The van der Waals surface area contributed by atoms with E-state index in [1.54, 1.807) is 0 Å². The molecule has 1 heterocycles. The van der Waals surface area contributed by atoms with Crippen molar-refractivity contribution in [2.75, 3.05) is 6.54 Å². The summed E-state index contributed by atoms with van der Waals surface area (Å²) in [5, 5.41) is 3.95. The van der Waals surface area contributed by atoms with E-state index in [4.69, 9.17) is 4.98 Å². The van der Waals surface area contributed by atoms with Gasteiger partial charge in [0.1, 0.15) is 0 Å². The molecule has 104 valence electrons. The van der Waals surface area contributed by atoms with Crippen LogP contribution >= 0.6 is 0 Å². The van der Waals surface area contributed by atoms with Crippen LogP contribution in [-0.4, -0.2) is 17.4 Å². The zero-order chi connectivity index (χ0) is 14.1. The van der Waals surface area contributed by atoms with E-state index in [0.29, 0.717) is 6.54 Å². The van der Waals surface area contributed by atoms with E-state index in [2.05, 4.69) is 24.4 Å². The Labute approximate surface area is 119 Å². The van der Waals surface area contributed by atoms with Crippen molar-refractivity contribution in [2.24, 2.45) is 0 Å². The number of aromatic nitrogens is 1. The van der Waals surface area contributed by atoms with Crippen molar-refractivity contribution in [1.82, 2.24) is 10.3 Å². The Balaban J connectivity index is 2.30. The summed E-state index contributed by atoms with van der Waals surface area (Å²) in [4.78, 5) is 17.3. The lowest BCUT2D eigenvalue weighted by atomic mass is 9.89. The highest BCUT2D eigenvalue weighted by Gasteiger charge is 2.22. The van der Waals surface area contributed by atoms with Gasteiger partial charge in [0.25, 0.3) is 5.91 Å². The van der Waals surface area contributed by atoms with Crippen molar-refractivity contribution in [3.63, 3.8) is 0 Å². The van der Waals surface area contributed by atoms with Gasteiger partial charge in [0, 0.05) is 17.6 Å². The zero-order valence-corrected chi connectivity index (χ0v) is 12.1. The van der Waals surface area contributed by atoms with Crippen molar-refractivity contribution in [2.45, 2.75) is 39.5 Å². The van der Waals surface area contributed by atoms with Gasteiger partial charge >= 0.3 is 0 Å². The molecule has 1 aromatic carbocycles. The molecule has 0 aliphatic heterocycles. The lowest BCUT2D eigenvalue weighted by Gasteiger charge is -2.20. The third-order valence-corrected chi connectivity index (χ3v) is 3.98. The first kappa shape index (κ1) is 13.1. The third kappa shape index (κ3) is 2.17. The van der Waals surface area contributed by atoms with Crippen molar-refractivity contribution in [3.8, 4) is 0 Å². The second-order valence-corrected chi connectivity index (χ2v) is 5.50. The fourth-order valence-corrected chi connectivity index (χ4v) is 3.05. The van der Waals surface area contributed by atoms with Crippen LogP contribution < -0.4 is 5.32 Å². The number of nitrogens with one attached hydrogen (secondary N) is 1. The maximum atomic E-state index is 12.5. The number of fused-ring (bicyclic) bond motifs is 2. The minimum Gasteiger partial charge on any atom is -0.352 e. The number of pyridine rings is 1. The molecule has 0 saturated carbocycles. The van der Waals surface area contributed by atoms with Gasteiger partial charge < -0.3 is 5.32 Å². The van der Waals surface area contributed by atoms with Gasteiger partial charge in [0.2, 0.25) is 0 Å². The van der Waals surface area contributed by atoms with E-state index in [0.717, 1.165) is 41.4 Å². The van der Waals surface area contributed by atoms with Crippen LogP contribution in [0, 0.1) is 6.92 Å². The van der Waals surface area contributed by atoms with Gasteiger partial charge in [-0.2, -0.15) is 0 Å². The molecule has 0 saturated heterocycles. The minimum atomic E-state index is 0.0450. The molecular weight excluding hydrogens is 248 g/mol. The van der Waals surface area contributed by atoms with Crippen LogP contribution in [-0.2, 0) is 12.8 Å². The highest BCUT2D eigenvalue weighted by atomic mass is 16.1. The first-order valence-corrected chi connectivity index (χ1v) is 7.41. The summed E-state index contributed by atoms with van der Waals surface area (Å²) in [5.41, 5.74) is 5.25.